The van der Waals surface area contributed by atoms with Crippen molar-refractivity contribution in [3.63, 3.8) is 0 Å². The Hall–Kier alpha value is -11.6. The predicted octanol–water partition coefficient (Wildman–Crippen LogP) is 28.3. The van der Waals surface area contributed by atoms with Crippen LogP contribution in [0, 0.1) is 0 Å². The average Bonchev–Trinajstić information content (AvgIpc) is 1.37. The summed E-state index contributed by atoms with van der Waals surface area (Å²) in [5.74, 6) is -1.20. The van der Waals surface area contributed by atoms with Gasteiger partial charge in [-0.15, -0.1) is 0 Å². The number of hydrogen-bond acceptors (Lipinski definition) is 10. The van der Waals surface area contributed by atoms with E-state index in [2.05, 4.69) is 81.1 Å². The molecule has 2 heterocycles. The normalized spacial score (nSPS) is 20.7. The Kier molecular flexibility index (Phi) is 10.4. The molecule has 0 amide bonds. The molecule has 36 rings (SSSR count). The number of benzene rings is 20. The van der Waals surface area contributed by atoms with Gasteiger partial charge in [-0.05, 0) is 381 Å². The minimum Gasteiger partial charge on any atom is -0.464 e. The first-order valence-electron chi connectivity index (χ1n) is 48.0. The maximum Gasteiger partial charge on any atom is 0.331 e. The van der Waals surface area contributed by atoms with Crippen LogP contribution in [0.1, 0.15) is 215 Å². The zero-order valence-corrected chi connectivity index (χ0v) is 69.6. The molecular formula is C113H82N2O8. The predicted molar refractivity (Wildman–Crippen MR) is 507 cm³/mol. The van der Waals surface area contributed by atoms with Gasteiger partial charge < -0.3 is 28.7 Å². The molecule has 2 fully saturated rings. The smallest absolute Gasteiger partial charge is 0.331 e. The molecule has 0 bridgehead atoms. The van der Waals surface area contributed by atoms with E-state index in [0.29, 0.717) is 32.8 Å². The summed E-state index contributed by atoms with van der Waals surface area (Å²) < 4.78 is 26.9. The van der Waals surface area contributed by atoms with Crippen molar-refractivity contribution in [1.82, 2.24) is 0 Å². The molecule has 0 unspecified atom stereocenters. The van der Waals surface area contributed by atoms with Crippen molar-refractivity contribution in [3.05, 3.63) is 81.9 Å². The van der Waals surface area contributed by atoms with Crippen LogP contribution in [0.4, 0.5) is 11.4 Å². The lowest BCUT2D eigenvalue weighted by molar-refractivity contribution is -0.147. The Morgan fingerprint density at radius 3 is 0.593 bits per heavy atom. The van der Waals surface area contributed by atoms with E-state index in [1.165, 1.54) is 332 Å². The number of esters is 4. The van der Waals surface area contributed by atoms with Gasteiger partial charge in [-0.25, -0.2) is 19.2 Å². The van der Waals surface area contributed by atoms with Gasteiger partial charge in [0, 0.05) is 11.4 Å². The number of rotatable bonds is 36. The van der Waals surface area contributed by atoms with Crippen LogP contribution in [0.2, 0.25) is 0 Å². The van der Waals surface area contributed by atoms with Crippen LogP contribution in [0.15, 0.2) is 48.5 Å². The summed E-state index contributed by atoms with van der Waals surface area (Å²) in [6.45, 7) is 10.3. The number of nitrogens with zero attached hydrogens (tertiary/aromatic N) is 2. The SMILES string of the molecule is CCCCCCCCOC(=O)[C@@H]1[C@H](C(=O)OCCCCCCCC)N1c1ccc(Cc2ccc(N3[C@@H](C(=O)OCCCCCCCC)C45c6c7c8c9c%10c%11c(c%12c%13c4c4c6c6c%14c7c7c8c8c%10c%10c%15c%11c%11c%12c%12c%13c%13c4c4c6c6c%14c%14c7c7c8c%10c8c%10c%15c%11c%11c%12c%12c%13c4c4c6c6c%14c7c8c7c%10c%11c%12c4c67)C95[C@@H]3C(=O)OCCCCCCCC)cc2)cc1. The fourth-order valence-electron chi connectivity index (χ4n) is 33.2. The van der Waals surface area contributed by atoms with E-state index in [-0.39, 0.29) is 23.9 Å². The topological polar surface area (TPSA) is 111 Å². The molecule has 10 nitrogen and oxygen atoms in total. The summed E-state index contributed by atoms with van der Waals surface area (Å²) in [4.78, 5) is 69.1. The van der Waals surface area contributed by atoms with Gasteiger partial charge in [0.05, 0.1) is 37.3 Å². The van der Waals surface area contributed by atoms with E-state index in [9.17, 15) is 9.59 Å². The first-order valence-corrected chi connectivity index (χ1v) is 48.0. The standard InChI is InChI=1S/C113H82N2O8/c1-5-9-13-17-21-25-37-120-108(116)104-105(109(117)121-38-26-22-18-14-10-6-2)114(104)44-33-29-42(30-34-44)41-43-31-35-45(36-32-43)115-106(110(118)122-39-27-23-19-15-11-7-3)112-100-92-84-74-64-56-48-46-47-50-54-52(48)60-68-62(54)72-66-58(50)59-51(47)55-53-49(46)57(56)65-71-61(53)69-63(55)73-67(59)77-76(66)86-80(72)90-82(68)88(78(84)70(60)64)96(100)98(90)102-94(86)95-87(77)81(73)91-83(69)89-79(71)85(75(65)74)93(92)101(112)97(89)99(91)103(95)113(102,112)107(115)111(119)123-40-28-24-20-16-12-8-4/h29-36,104-107H,5-28,37-41H2,1-4H3/t104-,105+,106-,107-,112?,113?,114?/m0/s1. The van der Waals surface area contributed by atoms with E-state index in [4.69, 9.17) is 18.9 Å². The van der Waals surface area contributed by atoms with E-state index < -0.39 is 35.0 Å². The van der Waals surface area contributed by atoms with Gasteiger partial charge in [-0.3, -0.25) is 0 Å². The van der Waals surface area contributed by atoms with Crippen molar-refractivity contribution in [2.75, 3.05) is 36.2 Å². The van der Waals surface area contributed by atoms with Crippen molar-refractivity contribution < 1.29 is 38.1 Å². The van der Waals surface area contributed by atoms with Crippen LogP contribution in [0.5, 0.6) is 0 Å². The zero-order valence-electron chi connectivity index (χ0n) is 69.6. The summed E-state index contributed by atoms with van der Waals surface area (Å²) in [5.41, 5.74) is 6.59. The van der Waals surface area contributed by atoms with Gasteiger partial charge in [0.1, 0.15) is 12.1 Å². The summed E-state index contributed by atoms with van der Waals surface area (Å²) in [5, 5.41) is 79.5. The van der Waals surface area contributed by atoms with Crippen molar-refractivity contribution in [1.29, 1.82) is 0 Å². The van der Waals surface area contributed by atoms with Gasteiger partial charge in [-0.1, -0.05) is 180 Å². The Labute approximate surface area is 701 Å². The quantitative estimate of drug-likeness (QED) is 0.0124. The molecule has 0 radical (unpaired) electrons. The average molecular weight is 1600 g/mol. The molecule has 0 N–H and O–H groups in total. The van der Waals surface area contributed by atoms with Crippen LogP contribution < -0.4 is 9.80 Å². The molecule has 0 saturated carbocycles. The lowest BCUT2D eigenvalue weighted by Crippen LogP contribution is -2.59. The highest BCUT2D eigenvalue weighted by Crippen LogP contribution is 2.87. The van der Waals surface area contributed by atoms with E-state index in [0.717, 1.165) is 125 Å². The van der Waals surface area contributed by atoms with E-state index in [1.807, 2.05) is 4.90 Å². The molecule has 30 aromatic rings. The molecule has 2 spiro atoms. The number of ether oxygens (including phenoxy) is 4. The third-order valence-electron chi connectivity index (χ3n) is 36.4. The highest BCUT2D eigenvalue weighted by molar-refractivity contribution is 6.82. The fourth-order valence-corrected chi connectivity index (χ4v) is 33.2. The molecule has 10 heteroatoms. The molecule has 123 heavy (non-hydrogen) atoms. The highest BCUT2D eigenvalue weighted by atomic mass is 16.6. The Morgan fingerprint density at radius 1 is 0.220 bits per heavy atom. The minimum atomic E-state index is -1.22. The number of carbonyl (C=O) groups excluding carboxylic acids is 4. The molecule has 4 atom stereocenters. The zero-order chi connectivity index (χ0) is 79.6. The first-order chi connectivity index (χ1) is 60.8. The second-order valence-electron chi connectivity index (χ2n) is 41.1. The molecule has 592 valence electrons. The lowest BCUT2D eigenvalue weighted by atomic mass is 9.46. The fraction of sp³-hybridized carbons (Fsp3) is 0.345. The Morgan fingerprint density at radius 2 is 0.390 bits per heavy atom. The molecule has 2 saturated heterocycles. The molecule has 6 aliphatic rings. The largest absolute Gasteiger partial charge is 0.464 e. The molecule has 2 aliphatic heterocycles. The van der Waals surface area contributed by atoms with Crippen LogP contribution in [-0.4, -0.2) is 74.5 Å². The van der Waals surface area contributed by atoms with E-state index in [1.54, 1.807) is 32.3 Å². The number of anilines is 2. The van der Waals surface area contributed by atoms with Crippen molar-refractivity contribution >= 4 is 326 Å². The Balaban J connectivity index is 0.621. The van der Waals surface area contributed by atoms with Crippen molar-refractivity contribution in [3.8, 4) is 0 Å². The number of unbranched alkanes of at least 4 members (excludes halogenated alkanes) is 20. The van der Waals surface area contributed by atoms with Crippen molar-refractivity contribution in [2.24, 2.45) is 0 Å². The summed E-state index contributed by atoms with van der Waals surface area (Å²) in [6, 6.07) is 13.9. The minimum absolute atomic E-state index is 0.233. The van der Waals surface area contributed by atoms with Gasteiger partial charge in [0.25, 0.3) is 0 Å². The lowest BCUT2D eigenvalue weighted by Gasteiger charge is -2.51. The van der Waals surface area contributed by atoms with Crippen LogP contribution in [-0.2, 0) is 55.4 Å². The van der Waals surface area contributed by atoms with Gasteiger partial charge in [0.2, 0.25) is 0 Å². The molecule has 4 aliphatic carbocycles. The summed E-state index contributed by atoms with van der Waals surface area (Å²) in [7, 11) is 0. The Bertz CT molecular complexity index is 8640. The monoisotopic (exact) mass is 1590 g/mol. The highest BCUT2D eigenvalue weighted by Gasteiger charge is 2.83. The van der Waals surface area contributed by atoms with Gasteiger partial charge in [0.15, 0.2) is 12.1 Å². The second-order valence-corrected chi connectivity index (χ2v) is 41.1. The first kappa shape index (κ1) is 64.2. The number of carbonyl (C=O) groups is 4. The van der Waals surface area contributed by atoms with Crippen LogP contribution in [0.25, 0.3) is 291 Å². The number of hydrogen-bond donors (Lipinski definition) is 0. The second kappa shape index (κ2) is 19.9. The van der Waals surface area contributed by atoms with E-state index >= 15 is 9.59 Å². The van der Waals surface area contributed by atoms with Crippen LogP contribution in [0.3, 0.4) is 0 Å². The molecule has 30 aromatic carbocycles. The third kappa shape index (κ3) is 5.74. The maximum absolute atomic E-state index is 18.3. The molecule has 0 aromatic heterocycles. The third-order valence-corrected chi connectivity index (χ3v) is 36.4. The maximum atomic E-state index is 18.3. The van der Waals surface area contributed by atoms with Gasteiger partial charge in [-0.2, -0.15) is 0 Å². The van der Waals surface area contributed by atoms with Gasteiger partial charge >= 0.3 is 23.9 Å². The van der Waals surface area contributed by atoms with Crippen molar-refractivity contribution in [2.45, 2.75) is 223 Å². The summed E-state index contributed by atoms with van der Waals surface area (Å²) in [6.07, 6.45) is 26.3. The van der Waals surface area contributed by atoms with Crippen LogP contribution >= 0.6 is 0 Å². The molecular weight excluding hydrogens is 1510 g/mol. The summed E-state index contributed by atoms with van der Waals surface area (Å²) >= 11 is 0.